The Morgan fingerprint density at radius 1 is 1.30 bits per heavy atom. The van der Waals surface area contributed by atoms with Crippen LogP contribution in [0.3, 0.4) is 0 Å². The second kappa shape index (κ2) is 7.45. The molecule has 0 N–H and O–H groups in total. The largest absolute Gasteiger partial charge is 0.376 e. The van der Waals surface area contributed by atoms with Crippen LogP contribution in [-0.4, -0.2) is 43.3 Å². The van der Waals surface area contributed by atoms with E-state index in [2.05, 4.69) is 32.0 Å². The molecule has 3 rings (SSSR count). The molecule has 2 atom stereocenters. The summed E-state index contributed by atoms with van der Waals surface area (Å²) in [5, 5.41) is 0. The van der Waals surface area contributed by atoms with Crippen LogP contribution >= 0.6 is 0 Å². The Hall–Kier alpha value is -1.39. The molecule has 0 saturated carbocycles. The predicted octanol–water partition coefficient (Wildman–Crippen LogP) is 3.16. The van der Waals surface area contributed by atoms with E-state index in [-0.39, 0.29) is 24.7 Å². The zero-order chi connectivity index (χ0) is 16.2. The zero-order valence-electron chi connectivity index (χ0n) is 14.2. The summed E-state index contributed by atoms with van der Waals surface area (Å²) in [7, 11) is 0. The molecule has 23 heavy (non-hydrogen) atoms. The van der Waals surface area contributed by atoms with Crippen LogP contribution in [0.15, 0.2) is 18.2 Å². The van der Waals surface area contributed by atoms with Gasteiger partial charge in [-0.25, -0.2) is 0 Å². The van der Waals surface area contributed by atoms with Crippen molar-refractivity contribution in [1.29, 1.82) is 0 Å². The van der Waals surface area contributed by atoms with Gasteiger partial charge < -0.3 is 14.4 Å². The molecule has 0 aliphatic carbocycles. The van der Waals surface area contributed by atoms with Gasteiger partial charge in [0.25, 0.3) is 0 Å². The molecule has 0 aromatic heterocycles. The van der Waals surface area contributed by atoms with Crippen molar-refractivity contribution >= 4 is 5.91 Å². The average Bonchev–Trinajstić information content (AvgIpc) is 3.21. The van der Waals surface area contributed by atoms with Crippen LogP contribution in [0.5, 0.6) is 0 Å². The Morgan fingerprint density at radius 2 is 2.17 bits per heavy atom. The van der Waals surface area contributed by atoms with Crippen LogP contribution in [0, 0.1) is 13.8 Å². The number of benzene rings is 1. The molecular formula is C19H27NO3. The molecule has 2 unspecified atom stereocenters. The highest BCUT2D eigenvalue weighted by Crippen LogP contribution is 2.34. The van der Waals surface area contributed by atoms with Gasteiger partial charge in [-0.1, -0.05) is 18.2 Å². The SMILES string of the molecule is Cc1cccc(C2CCCN2C(=O)COCC2CCCO2)c1C. The smallest absolute Gasteiger partial charge is 0.249 e. The minimum absolute atomic E-state index is 0.103. The van der Waals surface area contributed by atoms with Crippen molar-refractivity contribution < 1.29 is 14.3 Å². The topological polar surface area (TPSA) is 38.8 Å². The first-order chi connectivity index (χ1) is 11.2. The second-order valence-corrected chi connectivity index (χ2v) is 6.68. The van der Waals surface area contributed by atoms with Crippen LogP contribution in [0.25, 0.3) is 0 Å². The van der Waals surface area contributed by atoms with Gasteiger partial charge in [-0.15, -0.1) is 0 Å². The minimum atomic E-state index is 0.103. The van der Waals surface area contributed by atoms with Crippen LogP contribution in [0.4, 0.5) is 0 Å². The molecule has 4 heteroatoms. The first kappa shape index (κ1) is 16.5. The maximum Gasteiger partial charge on any atom is 0.249 e. The lowest BCUT2D eigenvalue weighted by atomic mass is 9.96. The second-order valence-electron chi connectivity index (χ2n) is 6.68. The van der Waals surface area contributed by atoms with Gasteiger partial charge in [-0.05, 0) is 56.2 Å². The quantitative estimate of drug-likeness (QED) is 0.837. The molecule has 0 radical (unpaired) electrons. The molecular weight excluding hydrogens is 290 g/mol. The standard InChI is InChI=1S/C19H27NO3/c1-14-6-3-8-17(15(14)2)18-9-4-10-20(18)19(21)13-22-12-16-7-5-11-23-16/h3,6,8,16,18H,4-5,7,9-13H2,1-2H3. The van der Waals surface area contributed by atoms with Gasteiger partial charge in [0.05, 0.1) is 18.8 Å². The van der Waals surface area contributed by atoms with Crippen molar-refractivity contribution in [2.75, 3.05) is 26.4 Å². The van der Waals surface area contributed by atoms with E-state index in [0.717, 1.165) is 38.8 Å². The molecule has 126 valence electrons. The Kier molecular flexibility index (Phi) is 5.34. The Balaban J connectivity index is 1.59. The van der Waals surface area contributed by atoms with E-state index in [1.54, 1.807) is 0 Å². The number of aryl methyl sites for hydroxylation is 1. The van der Waals surface area contributed by atoms with E-state index < -0.39 is 0 Å². The number of carbonyl (C=O) groups excluding carboxylic acids is 1. The molecule has 2 saturated heterocycles. The van der Waals surface area contributed by atoms with Crippen LogP contribution in [-0.2, 0) is 14.3 Å². The fourth-order valence-electron chi connectivity index (χ4n) is 3.66. The zero-order valence-corrected chi connectivity index (χ0v) is 14.2. The third-order valence-electron chi connectivity index (χ3n) is 5.13. The third kappa shape index (κ3) is 3.75. The fraction of sp³-hybridized carbons (Fsp3) is 0.632. The molecule has 2 aliphatic rings. The van der Waals surface area contributed by atoms with Crippen molar-refractivity contribution in [2.45, 2.75) is 51.7 Å². The Labute approximate surface area is 138 Å². The van der Waals surface area contributed by atoms with E-state index >= 15 is 0 Å². The minimum Gasteiger partial charge on any atom is -0.376 e. The normalized spacial score (nSPS) is 24.3. The van der Waals surface area contributed by atoms with Gasteiger partial charge in [-0.2, -0.15) is 0 Å². The summed E-state index contributed by atoms with van der Waals surface area (Å²) < 4.78 is 11.1. The molecule has 1 amide bonds. The van der Waals surface area contributed by atoms with Gasteiger partial charge in [-0.3, -0.25) is 4.79 Å². The van der Waals surface area contributed by atoms with Gasteiger partial charge in [0.1, 0.15) is 6.61 Å². The first-order valence-corrected chi connectivity index (χ1v) is 8.71. The molecule has 4 nitrogen and oxygen atoms in total. The summed E-state index contributed by atoms with van der Waals surface area (Å²) in [4.78, 5) is 14.6. The summed E-state index contributed by atoms with van der Waals surface area (Å²) in [5.74, 6) is 0.103. The number of amides is 1. The van der Waals surface area contributed by atoms with Crippen molar-refractivity contribution in [3.63, 3.8) is 0 Å². The third-order valence-corrected chi connectivity index (χ3v) is 5.13. The van der Waals surface area contributed by atoms with E-state index in [9.17, 15) is 4.79 Å². The Bertz CT molecular complexity index is 552. The van der Waals surface area contributed by atoms with Crippen molar-refractivity contribution in [2.24, 2.45) is 0 Å². The molecule has 1 aromatic carbocycles. The monoisotopic (exact) mass is 317 g/mol. The summed E-state index contributed by atoms with van der Waals surface area (Å²) in [6.07, 6.45) is 4.43. The molecule has 2 heterocycles. The van der Waals surface area contributed by atoms with E-state index in [1.807, 2.05) is 4.90 Å². The summed E-state index contributed by atoms with van der Waals surface area (Å²) in [6.45, 7) is 6.64. The highest BCUT2D eigenvalue weighted by molar-refractivity contribution is 5.78. The van der Waals surface area contributed by atoms with Crippen molar-refractivity contribution in [3.8, 4) is 0 Å². The summed E-state index contributed by atoms with van der Waals surface area (Å²) in [6, 6.07) is 6.58. The van der Waals surface area contributed by atoms with Gasteiger partial charge in [0.2, 0.25) is 5.91 Å². The number of nitrogens with zero attached hydrogens (tertiary/aromatic N) is 1. The first-order valence-electron chi connectivity index (χ1n) is 8.71. The number of ether oxygens (including phenoxy) is 2. The lowest BCUT2D eigenvalue weighted by molar-refractivity contribution is -0.138. The van der Waals surface area contributed by atoms with Crippen molar-refractivity contribution in [3.05, 3.63) is 34.9 Å². The van der Waals surface area contributed by atoms with Gasteiger partial charge in [0, 0.05) is 13.2 Å². The maximum absolute atomic E-state index is 12.6. The number of likely N-dealkylation sites (tertiary alicyclic amines) is 1. The molecule has 0 bridgehead atoms. The number of carbonyl (C=O) groups is 1. The summed E-state index contributed by atoms with van der Waals surface area (Å²) in [5.41, 5.74) is 3.88. The molecule has 2 fully saturated rings. The molecule has 0 spiro atoms. The van der Waals surface area contributed by atoms with E-state index in [0.29, 0.717) is 6.61 Å². The number of hydrogen-bond acceptors (Lipinski definition) is 3. The predicted molar refractivity (Wildman–Crippen MR) is 89.4 cm³/mol. The molecule has 1 aromatic rings. The van der Waals surface area contributed by atoms with Crippen LogP contribution in [0.1, 0.15) is 48.4 Å². The number of rotatable bonds is 5. The van der Waals surface area contributed by atoms with E-state index in [4.69, 9.17) is 9.47 Å². The van der Waals surface area contributed by atoms with Crippen LogP contribution in [0.2, 0.25) is 0 Å². The average molecular weight is 317 g/mol. The lowest BCUT2D eigenvalue weighted by Crippen LogP contribution is -2.34. The van der Waals surface area contributed by atoms with Gasteiger partial charge >= 0.3 is 0 Å². The van der Waals surface area contributed by atoms with Gasteiger partial charge in [0.15, 0.2) is 0 Å². The Morgan fingerprint density at radius 3 is 2.96 bits per heavy atom. The summed E-state index contributed by atoms with van der Waals surface area (Å²) >= 11 is 0. The highest BCUT2D eigenvalue weighted by Gasteiger charge is 2.31. The van der Waals surface area contributed by atoms with E-state index in [1.165, 1.54) is 16.7 Å². The fourth-order valence-corrected chi connectivity index (χ4v) is 3.66. The lowest BCUT2D eigenvalue weighted by Gasteiger charge is -2.27. The highest BCUT2D eigenvalue weighted by atomic mass is 16.5. The number of hydrogen-bond donors (Lipinski definition) is 0. The van der Waals surface area contributed by atoms with Crippen molar-refractivity contribution in [1.82, 2.24) is 4.90 Å². The maximum atomic E-state index is 12.6. The van der Waals surface area contributed by atoms with Crippen LogP contribution < -0.4 is 0 Å². The molecule has 2 aliphatic heterocycles.